The fourth-order valence-electron chi connectivity index (χ4n) is 2.56. The van der Waals surface area contributed by atoms with E-state index in [2.05, 4.69) is 9.97 Å². The number of benzene rings is 1. The zero-order valence-corrected chi connectivity index (χ0v) is 11.5. The molecule has 0 unspecified atom stereocenters. The molecule has 0 fully saturated rings. The van der Waals surface area contributed by atoms with Gasteiger partial charge in [-0.2, -0.15) is 0 Å². The van der Waals surface area contributed by atoms with Gasteiger partial charge in [-0.05, 0) is 43.4 Å². The van der Waals surface area contributed by atoms with E-state index in [4.69, 9.17) is 10.5 Å². The molecule has 1 aliphatic carbocycles. The largest absolute Gasteiger partial charge is 0.439 e. The number of hydrogen-bond donors (Lipinski definition) is 1. The van der Waals surface area contributed by atoms with Crippen LogP contribution < -0.4 is 10.5 Å². The van der Waals surface area contributed by atoms with Crippen molar-refractivity contribution in [3.63, 3.8) is 0 Å². The molecule has 0 aliphatic heterocycles. The number of nitrogens with zero attached hydrogens (tertiary/aromatic N) is 2. The Bertz CT molecular complexity index is 581. The molecule has 0 amide bonds. The molecule has 2 N–H and O–H groups in total. The monoisotopic (exact) mass is 269 g/mol. The summed E-state index contributed by atoms with van der Waals surface area (Å²) >= 11 is 0. The third kappa shape index (κ3) is 2.80. The molecule has 1 aromatic carbocycles. The van der Waals surface area contributed by atoms with E-state index >= 15 is 0 Å². The third-order valence-corrected chi connectivity index (χ3v) is 3.71. The van der Waals surface area contributed by atoms with E-state index in [0.717, 1.165) is 29.8 Å². The molecule has 0 bridgehead atoms. The second-order valence-corrected chi connectivity index (χ2v) is 5.11. The molecule has 1 heterocycles. The third-order valence-electron chi connectivity index (χ3n) is 3.71. The van der Waals surface area contributed by atoms with Gasteiger partial charge in [-0.3, -0.25) is 0 Å². The lowest BCUT2D eigenvalue weighted by atomic mass is 10.1. The van der Waals surface area contributed by atoms with Crippen molar-refractivity contribution in [1.29, 1.82) is 0 Å². The van der Waals surface area contributed by atoms with Crippen molar-refractivity contribution in [2.24, 2.45) is 5.73 Å². The number of aryl methyl sites for hydroxylation is 1. The molecule has 0 spiro atoms. The summed E-state index contributed by atoms with van der Waals surface area (Å²) in [5, 5.41) is 0. The summed E-state index contributed by atoms with van der Waals surface area (Å²) in [5.41, 5.74) is 9.01. The predicted octanol–water partition coefficient (Wildman–Crippen LogP) is 3.00. The van der Waals surface area contributed by atoms with Crippen LogP contribution in [0.1, 0.15) is 36.1 Å². The first-order valence-corrected chi connectivity index (χ1v) is 7.16. The quantitative estimate of drug-likeness (QED) is 0.870. The molecule has 0 saturated carbocycles. The van der Waals surface area contributed by atoms with Crippen molar-refractivity contribution in [3.8, 4) is 11.6 Å². The average molecular weight is 269 g/mol. The Morgan fingerprint density at radius 3 is 2.60 bits per heavy atom. The van der Waals surface area contributed by atoms with Gasteiger partial charge in [0, 0.05) is 12.1 Å². The number of hydrogen-bond acceptors (Lipinski definition) is 4. The molecule has 0 saturated heterocycles. The van der Waals surface area contributed by atoms with Gasteiger partial charge in [0.05, 0.1) is 5.69 Å². The maximum atomic E-state index is 5.94. The van der Waals surface area contributed by atoms with Crippen LogP contribution in [0.3, 0.4) is 0 Å². The summed E-state index contributed by atoms with van der Waals surface area (Å²) in [4.78, 5) is 8.71. The van der Waals surface area contributed by atoms with Gasteiger partial charge in [0.2, 0.25) is 5.88 Å². The standard InChI is InChI=1S/C16H19N3O/c17-10-12-6-8-13(9-7-12)20-16-14-4-2-1-3-5-15(14)18-11-19-16/h6-9,11H,1-5,10,17H2. The van der Waals surface area contributed by atoms with Gasteiger partial charge in [-0.25, -0.2) is 9.97 Å². The smallest absolute Gasteiger partial charge is 0.225 e. The van der Waals surface area contributed by atoms with Gasteiger partial charge in [-0.1, -0.05) is 18.6 Å². The van der Waals surface area contributed by atoms with Crippen LogP contribution in [0.2, 0.25) is 0 Å². The van der Waals surface area contributed by atoms with Crippen LogP contribution in [0.25, 0.3) is 0 Å². The number of ether oxygens (including phenoxy) is 1. The van der Waals surface area contributed by atoms with Gasteiger partial charge in [0.1, 0.15) is 12.1 Å². The van der Waals surface area contributed by atoms with Crippen LogP contribution in [0.15, 0.2) is 30.6 Å². The summed E-state index contributed by atoms with van der Waals surface area (Å²) in [6.45, 7) is 0.545. The highest BCUT2D eigenvalue weighted by atomic mass is 16.5. The highest BCUT2D eigenvalue weighted by Crippen LogP contribution is 2.29. The summed E-state index contributed by atoms with van der Waals surface area (Å²) in [7, 11) is 0. The van der Waals surface area contributed by atoms with Gasteiger partial charge in [-0.15, -0.1) is 0 Å². The highest BCUT2D eigenvalue weighted by Gasteiger charge is 2.15. The van der Waals surface area contributed by atoms with Crippen LogP contribution in [0, 0.1) is 0 Å². The summed E-state index contributed by atoms with van der Waals surface area (Å²) in [5.74, 6) is 1.50. The Hall–Kier alpha value is -1.94. The van der Waals surface area contributed by atoms with Crippen LogP contribution in [0.5, 0.6) is 11.6 Å². The van der Waals surface area contributed by atoms with Gasteiger partial charge in [0.25, 0.3) is 0 Å². The minimum absolute atomic E-state index is 0.545. The van der Waals surface area contributed by atoms with E-state index in [1.165, 1.54) is 24.8 Å². The Morgan fingerprint density at radius 2 is 1.80 bits per heavy atom. The fraction of sp³-hybridized carbons (Fsp3) is 0.375. The molecule has 1 aliphatic rings. The summed E-state index contributed by atoms with van der Waals surface area (Å²) < 4.78 is 5.94. The molecular weight excluding hydrogens is 250 g/mol. The zero-order valence-electron chi connectivity index (χ0n) is 11.5. The van der Waals surface area contributed by atoms with E-state index in [1.807, 2.05) is 24.3 Å². The lowest BCUT2D eigenvalue weighted by molar-refractivity contribution is 0.452. The second-order valence-electron chi connectivity index (χ2n) is 5.11. The Kier molecular flexibility index (Phi) is 3.92. The molecule has 2 aromatic rings. The van der Waals surface area contributed by atoms with Crippen LogP contribution in [0.4, 0.5) is 0 Å². The molecule has 4 heteroatoms. The molecule has 4 nitrogen and oxygen atoms in total. The number of nitrogens with two attached hydrogens (primary N) is 1. The first-order chi connectivity index (χ1) is 9.86. The van der Waals surface area contributed by atoms with Crippen molar-refractivity contribution in [2.75, 3.05) is 0 Å². The Labute approximate surface area is 119 Å². The first kappa shape index (κ1) is 13.1. The van der Waals surface area contributed by atoms with Crippen molar-refractivity contribution in [1.82, 2.24) is 9.97 Å². The van der Waals surface area contributed by atoms with Gasteiger partial charge >= 0.3 is 0 Å². The molecule has 1 aromatic heterocycles. The number of fused-ring (bicyclic) bond motifs is 1. The lowest BCUT2D eigenvalue weighted by Crippen LogP contribution is -2.01. The second kappa shape index (κ2) is 6.01. The molecule has 0 atom stereocenters. The van der Waals surface area contributed by atoms with Crippen molar-refractivity contribution in [3.05, 3.63) is 47.4 Å². The highest BCUT2D eigenvalue weighted by molar-refractivity contribution is 5.36. The van der Waals surface area contributed by atoms with Crippen molar-refractivity contribution >= 4 is 0 Å². The molecule has 3 rings (SSSR count). The minimum Gasteiger partial charge on any atom is -0.439 e. The van der Waals surface area contributed by atoms with E-state index < -0.39 is 0 Å². The minimum atomic E-state index is 0.545. The SMILES string of the molecule is NCc1ccc(Oc2ncnc3c2CCCCC3)cc1. The Morgan fingerprint density at radius 1 is 1.00 bits per heavy atom. The van der Waals surface area contributed by atoms with Crippen molar-refractivity contribution in [2.45, 2.75) is 38.6 Å². The normalized spacial score (nSPS) is 14.4. The van der Waals surface area contributed by atoms with Crippen LogP contribution in [-0.2, 0) is 19.4 Å². The Balaban J connectivity index is 1.86. The lowest BCUT2D eigenvalue weighted by Gasteiger charge is -2.11. The van der Waals surface area contributed by atoms with Crippen LogP contribution in [-0.4, -0.2) is 9.97 Å². The van der Waals surface area contributed by atoms with E-state index in [9.17, 15) is 0 Å². The first-order valence-electron chi connectivity index (χ1n) is 7.16. The average Bonchev–Trinajstić information content (AvgIpc) is 2.74. The number of rotatable bonds is 3. The maximum absolute atomic E-state index is 5.94. The van der Waals surface area contributed by atoms with Gasteiger partial charge < -0.3 is 10.5 Å². The van der Waals surface area contributed by atoms with Crippen molar-refractivity contribution < 1.29 is 4.74 Å². The summed E-state index contributed by atoms with van der Waals surface area (Å²) in [6.07, 6.45) is 7.28. The predicted molar refractivity (Wildman–Crippen MR) is 77.7 cm³/mol. The zero-order chi connectivity index (χ0) is 13.8. The number of aromatic nitrogens is 2. The van der Waals surface area contributed by atoms with E-state index in [1.54, 1.807) is 6.33 Å². The fourth-order valence-corrected chi connectivity index (χ4v) is 2.56. The summed E-state index contributed by atoms with van der Waals surface area (Å²) in [6, 6.07) is 7.84. The van der Waals surface area contributed by atoms with Crippen LogP contribution >= 0.6 is 0 Å². The molecule has 0 radical (unpaired) electrons. The maximum Gasteiger partial charge on any atom is 0.225 e. The molecule has 104 valence electrons. The molecule has 20 heavy (non-hydrogen) atoms. The van der Waals surface area contributed by atoms with E-state index in [0.29, 0.717) is 12.4 Å². The van der Waals surface area contributed by atoms with Gasteiger partial charge in [0.15, 0.2) is 0 Å². The molecular formula is C16H19N3O. The topological polar surface area (TPSA) is 61.0 Å². The van der Waals surface area contributed by atoms with E-state index in [-0.39, 0.29) is 0 Å².